The zero-order valence-corrected chi connectivity index (χ0v) is 15.2. The van der Waals surface area contributed by atoms with Crippen LogP contribution in [0.25, 0.3) is 6.08 Å². The molecule has 2 aromatic carbocycles. The summed E-state index contributed by atoms with van der Waals surface area (Å²) in [5, 5.41) is 9.39. The van der Waals surface area contributed by atoms with Crippen molar-refractivity contribution in [1.82, 2.24) is 4.90 Å². The molecule has 3 rings (SSSR count). The summed E-state index contributed by atoms with van der Waals surface area (Å²) in [6, 6.07) is 14.8. The van der Waals surface area contributed by atoms with E-state index in [0.717, 1.165) is 24.6 Å². The average molecular weight is 369 g/mol. The second-order valence-electron chi connectivity index (χ2n) is 5.85. The number of methoxy groups -OCH3 is 1. The molecule has 0 bridgehead atoms. The first-order chi connectivity index (χ1) is 12.6. The van der Waals surface area contributed by atoms with Crippen molar-refractivity contribution in [2.45, 2.75) is 12.8 Å². The molecule has 6 heteroatoms. The predicted molar refractivity (Wildman–Crippen MR) is 102 cm³/mol. The van der Waals surface area contributed by atoms with Crippen LogP contribution in [0.1, 0.15) is 17.5 Å². The molecule has 0 aliphatic carbocycles. The van der Waals surface area contributed by atoms with E-state index < -0.39 is 0 Å². The van der Waals surface area contributed by atoms with E-state index in [1.165, 1.54) is 23.6 Å². The Kier molecular flexibility index (Phi) is 5.63. The van der Waals surface area contributed by atoms with E-state index in [1.54, 1.807) is 18.2 Å². The van der Waals surface area contributed by atoms with Gasteiger partial charge < -0.3 is 9.84 Å². The molecule has 1 aliphatic rings. The Morgan fingerprint density at radius 2 is 1.92 bits per heavy atom. The number of thioether (sulfide) groups is 1. The first kappa shape index (κ1) is 18.1. The first-order valence-electron chi connectivity index (χ1n) is 8.25. The molecule has 5 nitrogen and oxygen atoms in total. The summed E-state index contributed by atoms with van der Waals surface area (Å²) >= 11 is 0.936. The Hall–Kier alpha value is -2.73. The fourth-order valence-electron chi connectivity index (χ4n) is 2.71. The van der Waals surface area contributed by atoms with Crippen LogP contribution < -0.4 is 4.74 Å². The molecule has 0 radical (unpaired) electrons. The second kappa shape index (κ2) is 8.10. The molecule has 0 spiro atoms. The molecule has 2 aromatic rings. The number of benzene rings is 2. The van der Waals surface area contributed by atoms with Crippen molar-refractivity contribution in [3.8, 4) is 11.5 Å². The summed E-state index contributed by atoms with van der Waals surface area (Å²) < 4.78 is 5.07. The number of phenolic OH excluding ortho intramolecular Hbond substituents is 1. The third-order valence-electron chi connectivity index (χ3n) is 4.07. The van der Waals surface area contributed by atoms with E-state index in [0.29, 0.717) is 22.8 Å². The van der Waals surface area contributed by atoms with Crippen molar-refractivity contribution in [3.05, 3.63) is 64.6 Å². The first-order valence-corrected chi connectivity index (χ1v) is 9.06. The van der Waals surface area contributed by atoms with Gasteiger partial charge in [-0.3, -0.25) is 14.5 Å². The van der Waals surface area contributed by atoms with Crippen LogP contribution in [0.5, 0.6) is 11.5 Å². The zero-order valence-electron chi connectivity index (χ0n) is 14.3. The number of carbonyl (C=O) groups excluding carboxylic acids is 2. The van der Waals surface area contributed by atoms with Gasteiger partial charge in [0, 0.05) is 6.54 Å². The van der Waals surface area contributed by atoms with E-state index in [1.807, 2.05) is 30.3 Å². The molecule has 2 amide bonds. The number of aryl methyl sites for hydroxylation is 1. The lowest BCUT2D eigenvalue weighted by molar-refractivity contribution is -0.122. The fraction of sp³-hybridized carbons (Fsp3) is 0.200. The standard InChI is InChI=1S/C20H19NO4S/c1-25-17-12-15(9-10-16(17)22)13-18-19(23)21(20(24)26-18)11-5-8-14-6-3-2-4-7-14/h2-4,6-7,9-10,12-13,22H,5,8,11H2,1H3. The maximum absolute atomic E-state index is 12.5. The minimum atomic E-state index is -0.278. The minimum Gasteiger partial charge on any atom is -0.504 e. The Balaban J connectivity index is 1.66. The van der Waals surface area contributed by atoms with Crippen LogP contribution in [0.3, 0.4) is 0 Å². The lowest BCUT2D eigenvalue weighted by atomic mass is 10.1. The van der Waals surface area contributed by atoms with Gasteiger partial charge >= 0.3 is 0 Å². The van der Waals surface area contributed by atoms with Crippen LogP contribution in [-0.2, 0) is 11.2 Å². The largest absolute Gasteiger partial charge is 0.504 e. The number of rotatable bonds is 6. The van der Waals surface area contributed by atoms with Gasteiger partial charge in [0.1, 0.15) is 0 Å². The summed E-state index contributed by atoms with van der Waals surface area (Å²) in [6.07, 6.45) is 3.18. The van der Waals surface area contributed by atoms with Gasteiger partial charge in [0.15, 0.2) is 11.5 Å². The molecule has 1 saturated heterocycles. The number of aromatic hydroxyl groups is 1. The molecule has 134 valence electrons. The number of carbonyl (C=O) groups is 2. The van der Waals surface area contributed by atoms with E-state index in [2.05, 4.69) is 0 Å². The molecule has 0 aromatic heterocycles. The maximum atomic E-state index is 12.5. The summed E-state index contributed by atoms with van der Waals surface area (Å²) in [7, 11) is 1.46. The molecular weight excluding hydrogens is 350 g/mol. The van der Waals surface area contributed by atoms with Crippen molar-refractivity contribution >= 4 is 29.0 Å². The number of phenols is 1. The highest BCUT2D eigenvalue weighted by atomic mass is 32.2. The van der Waals surface area contributed by atoms with Crippen LogP contribution in [0.4, 0.5) is 4.79 Å². The van der Waals surface area contributed by atoms with Gasteiger partial charge in [0.05, 0.1) is 12.0 Å². The van der Waals surface area contributed by atoms with Crippen molar-refractivity contribution in [2.24, 2.45) is 0 Å². The molecule has 1 N–H and O–H groups in total. The molecule has 1 aliphatic heterocycles. The Bertz CT molecular complexity index is 848. The molecule has 1 fully saturated rings. The quantitative estimate of drug-likeness (QED) is 0.778. The molecular formula is C20H19NO4S. The van der Waals surface area contributed by atoms with Crippen LogP contribution in [0, 0.1) is 0 Å². The fourth-order valence-corrected chi connectivity index (χ4v) is 3.58. The number of amides is 2. The summed E-state index contributed by atoms with van der Waals surface area (Å²) in [5.41, 5.74) is 1.88. The van der Waals surface area contributed by atoms with Gasteiger partial charge in [0.25, 0.3) is 11.1 Å². The predicted octanol–water partition coefficient (Wildman–Crippen LogP) is 4.07. The van der Waals surface area contributed by atoms with E-state index in [9.17, 15) is 14.7 Å². The van der Waals surface area contributed by atoms with E-state index >= 15 is 0 Å². The van der Waals surface area contributed by atoms with Crippen LogP contribution >= 0.6 is 11.8 Å². The monoisotopic (exact) mass is 369 g/mol. The van der Waals surface area contributed by atoms with Crippen molar-refractivity contribution in [1.29, 1.82) is 0 Å². The topological polar surface area (TPSA) is 66.8 Å². The average Bonchev–Trinajstić information content (AvgIpc) is 2.91. The van der Waals surface area contributed by atoms with Gasteiger partial charge in [0.2, 0.25) is 0 Å². The minimum absolute atomic E-state index is 0.0265. The highest BCUT2D eigenvalue weighted by Gasteiger charge is 2.34. The lowest BCUT2D eigenvalue weighted by Crippen LogP contribution is -2.29. The summed E-state index contributed by atoms with van der Waals surface area (Å²) in [4.78, 5) is 26.4. The highest BCUT2D eigenvalue weighted by molar-refractivity contribution is 8.18. The number of imide groups is 1. The number of hydrogen-bond donors (Lipinski definition) is 1. The maximum Gasteiger partial charge on any atom is 0.293 e. The highest BCUT2D eigenvalue weighted by Crippen LogP contribution is 2.34. The van der Waals surface area contributed by atoms with Gasteiger partial charge in [-0.1, -0.05) is 36.4 Å². The Morgan fingerprint density at radius 3 is 2.65 bits per heavy atom. The van der Waals surface area contributed by atoms with Crippen molar-refractivity contribution < 1.29 is 19.4 Å². The zero-order chi connectivity index (χ0) is 18.5. The van der Waals surface area contributed by atoms with Crippen molar-refractivity contribution in [2.75, 3.05) is 13.7 Å². The second-order valence-corrected chi connectivity index (χ2v) is 6.85. The van der Waals surface area contributed by atoms with Gasteiger partial charge in [-0.15, -0.1) is 0 Å². The van der Waals surface area contributed by atoms with E-state index in [-0.39, 0.29) is 16.9 Å². The number of nitrogens with zero attached hydrogens (tertiary/aromatic N) is 1. The Morgan fingerprint density at radius 1 is 1.15 bits per heavy atom. The molecule has 0 atom stereocenters. The van der Waals surface area contributed by atoms with Gasteiger partial charge in [-0.05, 0) is 53.9 Å². The molecule has 1 heterocycles. The number of ether oxygens (including phenoxy) is 1. The van der Waals surface area contributed by atoms with Gasteiger partial charge in [-0.25, -0.2) is 0 Å². The third kappa shape index (κ3) is 4.08. The lowest BCUT2D eigenvalue weighted by Gasteiger charge is -2.12. The molecule has 0 unspecified atom stereocenters. The Labute approximate surface area is 156 Å². The van der Waals surface area contributed by atoms with E-state index in [4.69, 9.17) is 4.74 Å². The summed E-state index contributed by atoms with van der Waals surface area (Å²) in [6.45, 7) is 0.399. The van der Waals surface area contributed by atoms with Crippen LogP contribution in [0.2, 0.25) is 0 Å². The smallest absolute Gasteiger partial charge is 0.293 e. The normalized spacial score (nSPS) is 15.7. The molecule has 0 saturated carbocycles. The summed E-state index contributed by atoms with van der Waals surface area (Å²) in [5.74, 6) is 0.0691. The number of hydrogen-bond acceptors (Lipinski definition) is 5. The van der Waals surface area contributed by atoms with Crippen LogP contribution in [-0.4, -0.2) is 34.8 Å². The van der Waals surface area contributed by atoms with Gasteiger partial charge in [-0.2, -0.15) is 0 Å². The van der Waals surface area contributed by atoms with Crippen LogP contribution in [0.15, 0.2) is 53.4 Å². The molecule has 26 heavy (non-hydrogen) atoms. The SMILES string of the molecule is COc1cc(C=C2SC(=O)N(CCCc3ccccc3)C2=O)ccc1O. The van der Waals surface area contributed by atoms with Crippen molar-refractivity contribution in [3.63, 3.8) is 0 Å². The third-order valence-corrected chi connectivity index (χ3v) is 4.97.